The number of oxazole rings is 1. The van der Waals surface area contributed by atoms with E-state index in [1.54, 1.807) is 13.0 Å². The maximum Gasteiger partial charge on any atom is 0.214 e. The van der Waals surface area contributed by atoms with Crippen molar-refractivity contribution in [3.63, 3.8) is 0 Å². The molecule has 0 aromatic carbocycles. The Morgan fingerprint density at radius 2 is 2.33 bits per heavy atom. The van der Waals surface area contributed by atoms with E-state index < -0.39 is 0 Å². The molecule has 0 spiro atoms. The highest BCUT2D eigenvalue weighted by Gasteiger charge is 2.13. The van der Waals surface area contributed by atoms with E-state index in [2.05, 4.69) is 4.98 Å². The first-order valence-corrected chi connectivity index (χ1v) is 4.77. The maximum absolute atomic E-state index is 11.9. The van der Waals surface area contributed by atoms with Crippen LogP contribution in [0.4, 0.5) is 0 Å². The van der Waals surface area contributed by atoms with Gasteiger partial charge in [0.25, 0.3) is 0 Å². The third-order valence-electron chi connectivity index (χ3n) is 2.10. The molecule has 0 unspecified atom stereocenters. The topological polar surface area (TPSA) is 43.1 Å². The summed E-state index contributed by atoms with van der Waals surface area (Å²) in [5, 5.41) is 0. The second-order valence-corrected chi connectivity index (χ2v) is 3.27. The highest BCUT2D eigenvalue weighted by molar-refractivity contribution is 6.09. The van der Waals surface area contributed by atoms with E-state index in [1.807, 2.05) is 24.3 Å². The summed E-state index contributed by atoms with van der Waals surface area (Å²) in [6, 6.07) is 0. The molecule has 2 rings (SSSR count). The van der Waals surface area contributed by atoms with Crippen LogP contribution in [0, 0.1) is 6.92 Å². The average molecular weight is 201 g/mol. The maximum atomic E-state index is 11.9. The van der Waals surface area contributed by atoms with Crippen molar-refractivity contribution in [3.05, 3.63) is 53.8 Å². The monoisotopic (exact) mass is 201 g/mol. The van der Waals surface area contributed by atoms with Crippen molar-refractivity contribution in [1.29, 1.82) is 0 Å². The molecule has 1 aliphatic carbocycles. The van der Waals surface area contributed by atoms with Crippen molar-refractivity contribution in [2.24, 2.45) is 0 Å². The van der Waals surface area contributed by atoms with Gasteiger partial charge >= 0.3 is 0 Å². The predicted octanol–water partition coefficient (Wildman–Crippen LogP) is 2.61. The second kappa shape index (κ2) is 4.09. The molecule has 76 valence electrons. The van der Waals surface area contributed by atoms with Gasteiger partial charge in [-0.2, -0.15) is 0 Å². The van der Waals surface area contributed by atoms with Gasteiger partial charge in [-0.25, -0.2) is 4.98 Å². The van der Waals surface area contributed by atoms with Crippen LogP contribution in [0.15, 0.2) is 46.6 Å². The van der Waals surface area contributed by atoms with Gasteiger partial charge in [0.15, 0.2) is 5.89 Å². The number of aromatic nitrogens is 1. The first-order chi connectivity index (χ1) is 7.27. The molecule has 0 atom stereocenters. The van der Waals surface area contributed by atoms with Gasteiger partial charge in [0.05, 0.1) is 0 Å². The van der Waals surface area contributed by atoms with Crippen LogP contribution >= 0.6 is 0 Å². The van der Waals surface area contributed by atoms with Crippen LogP contribution in [0.1, 0.15) is 22.8 Å². The minimum atomic E-state index is -0.102. The fourth-order valence-electron chi connectivity index (χ4n) is 1.35. The molecule has 0 saturated carbocycles. The van der Waals surface area contributed by atoms with E-state index in [1.165, 1.54) is 6.26 Å². The first-order valence-electron chi connectivity index (χ1n) is 4.77. The summed E-state index contributed by atoms with van der Waals surface area (Å²) in [6.07, 6.45) is 11.7. The molecule has 3 nitrogen and oxygen atoms in total. The molecule has 0 fully saturated rings. The van der Waals surface area contributed by atoms with Gasteiger partial charge in [-0.1, -0.05) is 30.4 Å². The first kappa shape index (κ1) is 9.65. The van der Waals surface area contributed by atoms with Crippen LogP contribution in [0.3, 0.4) is 0 Å². The number of allylic oxidation sites excluding steroid dienone is 6. The molecule has 3 heteroatoms. The number of carbonyl (C=O) groups excluding carboxylic acids is 1. The van der Waals surface area contributed by atoms with E-state index in [9.17, 15) is 4.79 Å². The zero-order chi connectivity index (χ0) is 10.7. The SMILES string of the molecule is Cc1nc(C(=O)C2=CC=CCC=C2)co1. The Morgan fingerprint density at radius 3 is 3.07 bits per heavy atom. The molecule has 0 radical (unpaired) electrons. The van der Waals surface area contributed by atoms with Crippen LogP contribution < -0.4 is 0 Å². The quantitative estimate of drug-likeness (QED) is 0.691. The van der Waals surface area contributed by atoms with Crippen LogP contribution in [0.5, 0.6) is 0 Å². The third-order valence-corrected chi connectivity index (χ3v) is 2.10. The number of carbonyl (C=O) groups is 1. The van der Waals surface area contributed by atoms with E-state index in [0.29, 0.717) is 17.2 Å². The summed E-state index contributed by atoms with van der Waals surface area (Å²) < 4.78 is 5.01. The average Bonchev–Trinajstić information content (AvgIpc) is 2.53. The summed E-state index contributed by atoms with van der Waals surface area (Å²) in [6.45, 7) is 1.72. The van der Waals surface area contributed by atoms with E-state index in [-0.39, 0.29) is 5.78 Å². The molecular weight excluding hydrogens is 190 g/mol. The summed E-state index contributed by atoms with van der Waals surface area (Å²) >= 11 is 0. The van der Waals surface area contributed by atoms with Crippen LogP contribution in [0.25, 0.3) is 0 Å². The fraction of sp³-hybridized carbons (Fsp3) is 0.167. The minimum Gasteiger partial charge on any atom is -0.449 e. The van der Waals surface area contributed by atoms with Crippen molar-refractivity contribution in [1.82, 2.24) is 4.98 Å². The molecule has 0 saturated heterocycles. The zero-order valence-corrected chi connectivity index (χ0v) is 8.43. The van der Waals surface area contributed by atoms with Crippen LogP contribution in [0.2, 0.25) is 0 Å². The predicted molar refractivity (Wildman–Crippen MR) is 56.6 cm³/mol. The largest absolute Gasteiger partial charge is 0.449 e. The van der Waals surface area contributed by atoms with E-state index in [4.69, 9.17) is 4.42 Å². The van der Waals surface area contributed by atoms with Gasteiger partial charge in [0, 0.05) is 12.5 Å². The van der Waals surface area contributed by atoms with Crippen LogP contribution in [-0.4, -0.2) is 10.8 Å². The van der Waals surface area contributed by atoms with Gasteiger partial charge in [0.1, 0.15) is 12.0 Å². The van der Waals surface area contributed by atoms with Gasteiger partial charge in [-0.3, -0.25) is 4.79 Å². The number of ketones is 1. The summed E-state index contributed by atoms with van der Waals surface area (Å²) in [4.78, 5) is 15.9. The summed E-state index contributed by atoms with van der Waals surface area (Å²) in [5.74, 6) is 0.404. The number of hydrogen-bond acceptors (Lipinski definition) is 3. The normalized spacial score (nSPS) is 14.9. The number of rotatable bonds is 2. The zero-order valence-electron chi connectivity index (χ0n) is 8.43. The molecule has 1 heterocycles. The lowest BCUT2D eigenvalue weighted by atomic mass is 10.1. The van der Waals surface area contributed by atoms with Gasteiger partial charge in [-0.15, -0.1) is 0 Å². The Kier molecular flexibility index (Phi) is 2.63. The molecule has 0 aliphatic heterocycles. The number of hydrogen-bond donors (Lipinski definition) is 0. The Labute approximate surface area is 87.8 Å². The summed E-state index contributed by atoms with van der Waals surface area (Å²) in [7, 11) is 0. The number of aryl methyl sites for hydroxylation is 1. The van der Waals surface area contributed by atoms with Crippen molar-refractivity contribution >= 4 is 5.78 Å². The smallest absolute Gasteiger partial charge is 0.214 e. The molecule has 1 aromatic rings. The standard InChI is InChI=1S/C12H11NO2/c1-9-13-11(8-15-9)12(14)10-6-4-2-3-5-7-10/h2,4-8H,3H2,1H3. The van der Waals surface area contributed by atoms with Crippen molar-refractivity contribution in [2.45, 2.75) is 13.3 Å². The van der Waals surface area contributed by atoms with Crippen molar-refractivity contribution in [3.8, 4) is 0 Å². The van der Waals surface area contributed by atoms with Gasteiger partial charge in [-0.05, 0) is 6.42 Å². The Morgan fingerprint density at radius 1 is 1.47 bits per heavy atom. The van der Waals surface area contributed by atoms with Crippen molar-refractivity contribution < 1.29 is 9.21 Å². The Bertz CT molecular complexity index is 464. The Balaban J connectivity index is 2.28. The lowest BCUT2D eigenvalue weighted by Crippen LogP contribution is -2.01. The third kappa shape index (κ3) is 2.13. The summed E-state index contributed by atoms with van der Waals surface area (Å²) in [5.41, 5.74) is 0.996. The molecule has 0 amide bonds. The molecule has 1 aliphatic rings. The minimum absolute atomic E-state index is 0.102. The number of Topliss-reactive ketones (excluding diaryl/α,β-unsaturated/α-hetero) is 1. The number of nitrogens with zero attached hydrogens (tertiary/aromatic N) is 1. The van der Waals surface area contributed by atoms with Crippen molar-refractivity contribution in [2.75, 3.05) is 0 Å². The highest BCUT2D eigenvalue weighted by Crippen LogP contribution is 2.12. The molecule has 0 N–H and O–H groups in total. The van der Waals surface area contributed by atoms with Crippen LogP contribution in [-0.2, 0) is 0 Å². The van der Waals surface area contributed by atoms with Gasteiger partial charge in [0.2, 0.25) is 5.78 Å². The molecular formula is C12H11NO2. The fourth-order valence-corrected chi connectivity index (χ4v) is 1.35. The molecule has 15 heavy (non-hydrogen) atoms. The van der Waals surface area contributed by atoms with E-state index >= 15 is 0 Å². The highest BCUT2D eigenvalue weighted by atomic mass is 16.3. The molecule has 1 aromatic heterocycles. The van der Waals surface area contributed by atoms with Gasteiger partial charge < -0.3 is 4.42 Å². The Hall–Kier alpha value is -1.90. The second-order valence-electron chi connectivity index (χ2n) is 3.27. The lowest BCUT2D eigenvalue weighted by molar-refractivity contribution is 0.103. The molecule has 0 bridgehead atoms. The van der Waals surface area contributed by atoms with E-state index in [0.717, 1.165) is 6.42 Å². The lowest BCUT2D eigenvalue weighted by Gasteiger charge is -1.94.